The summed E-state index contributed by atoms with van der Waals surface area (Å²) in [4.78, 5) is 25.7. The number of hydrogen-bond acceptors (Lipinski definition) is 2. The highest BCUT2D eigenvalue weighted by atomic mass is 16.2. The minimum atomic E-state index is -0.165. The molecule has 2 aliphatic rings. The van der Waals surface area contributed by atoms with E-state index in [1.54, 1.807) is 0 Å². The fraction of sp³-hybridized carbons (Fsp3) is 0.524. The second kappa shape index (κ2) is 7.33. The van der Waals surface area contributed by atoms with Gasteiger partial charge in [0.2, 0.25) is 0 Å². The van der Waals surface area contributed by atoms with Crippen LogP contribution < -0.4 is 0 Å². The van der Waals surface area contributed by atoms with Crippen LogP contribution >= 0.6 is 0 Å². The molecule has 3 rings (SSSR count). The number of imide groups is 1. The van der Waals surface area contributed by atoms with Crippen LogP contribution in [0, 0.1) is 0 Å². The summed E-state index contributed by atoms with van der Waals surface area (Å²) in [5.74, 6) is 0.136. The molecule has 0 aromatic heterocycles. The monoisotopic (exact) mass is 325 g/mol. The van der Waals surface area contributed by atoms with E-state index in [4.69, 9.17) is 0 Å². The smallest absolute Gasteiger partial charge is 0.254 e. The van der Waals surface area contributed by atoms with Crippen molar-refractivity contribution in [2.24, 2.45) is 0 Å². The molecule has 0 saturated carbocycles. The molecule has 2 amide bonds. The summed E-state index contributed by atoms with van der Waals surface area (Å²) in [7, 11) is 0. The molecular weight excluding hydrogens is 298 g/mol. The maximum Gasteiger partial charge on any atom is 0.254 e. The third-order valence-corrected chi connectivity index (χ3v) is 5.34. The Morgan fingerprint density at radius 2 is 1.71 bits per heavy atom. The molecule has 24 heavy (non-hydrogen) atoms. The second-order valence-corrected chi connectivity index (χ2v) is 7.04. The zero-order valence-corrected chi connectivity index (χ0v) is 14.8. The molecule has 1 heterocycles. The van der Waals surface area contributed by atoms with Gasteiger partial charge in [-0.25, -0.2) is 0 Å². The van der Waals surface area contributed by atoms with Crippen LogP contribution in [0.25, 0.3) is 0 Å². The minimum absolute atomic E-state index is 0.0860. The maximum atomic E-state index is 12.1. The molecule has 0 saturated heterocycles. The van der Waals surface area contributed by atoms with Gasteiger partial charge in [-0.1, -0.05) is 51.3 Å². The summed E-state index contributed by atoms with van der Waals surface area (Å²) >= 11 is 0. The van der Waals surface area contributed by atoms with Crippen LogP contribution in [-0.2, 0) is 16.0 Å². The SMILES string of the molecule is CCCCc1ccc2c(c1)[C@@H](CCCC)C[C@@H]2N1C(=O)C=CC1=O. The highest BCUT2D eigenvalue weighted by Gasteiger charge is 2.39. The molecule has 1 aliphatic heterocycles. The average molecular weight is 325 g/mol. The molecule has 0 bridgehead atoms. The number of aryl methyl sites for hydroxylation is 1. The molecule has 128 valence electrons. The summed E-state index contributed by atoms with van der Waals surface area (Å²) in [6.07, 6.45) is 10.7. The van der Waals surface area contributed by atoms with Crippen molar-refractivity contribution < 1.29 is 9.59 Å². The third-order valence-electron chi connectivity index (χ3n) is 5.34. The molecule has 1 aliphatic carbocycles. The first-order valence-electron chi connectivity index (χ1n) is 9.33. The van der Waals surface area contributed by atoms with Crippen molar-refractivity contribution in [3.63, 3.8) is 0 Å². The van der Waals surface area contributed by atoms with Crippen LogP contribution in [0.4, 0.5) is 0 Å². The summed E-state index contributed by atoms with van der Waals surface area (Å²) in [5, 5.41) is 0. The van der Waals surface area contributed by atoms with E-state index in [1.165, 1.54) is 59.4 Å². The number of fused-ring (bicyclic) bond motifs is 1. The van der Waals surface area contributed by atoms with Crippen LogP contribution in [0.1, 0.15) is 81.0 Å². The molecule has 3 nitrogen and oxygen atoms in total. The molecule has 3 heteroatoms. The predicted octanol–water partition coefficient (Wildman–Crippen LogP) is 4.67. The van der Waals surface area contributed by atoms with Gasteiger partial charge >= 0.3 is 0 Å². The van der Waals surface area contributed by atoms with E-state index in [0.717, 1.165) is 19.3 Å². The topological polar surface area (TPSA) is 37.4 Å². The maximum absolute atomic E-state index is 12.1. The molecule has 1 aromatic carbocycles. The van der Waals surface area contributed by atoms with Gasteiger partial charge < -0.3 is 0 Å². The second-order valence-electron chi connectivity index (χ2n) is 7.04. The van der Waals surface area contributed by atoms with Crippen molar-refractivity contribution in [2.45, 2.75) is 70.8 Å². The number of carbonyl (C=O) groups excluding carboxylic acids is 2. The Kier molecular flexibility index (Phi) is 5.17. The van der Waals surface area contributed by atoms with Gasteiger partial charge in [0.25, 0.3) is 11.8 Å². The quantitative estimate of drug-likeness (QED) is 0.683. The van der Waals surface area contributed by atoms with E-state index in [1.807, 2.05) is 0 Å². The van der Waals surface area contributed by atoms with Crippen molar-refractivity contribution in [1.29, 1.82) is 0 Å². The fourth-order valence-corrected chi connectivity index (χ4v) is 4.03. The van der Waals surface area contributed by atoms with Crippen LogP contribution in [-0.4, -0.2) is 16.7 Å². The molecule has 0 fully saturated rings. The van der Waals surface area contributed by atoms with Gasteiger partial charge in [-0.05, 0) is 48.3 Å². The first-order chi connectivity index (χ1) is 11.7. The number of benzene rings is 1. The van der Waals surface area contributed by atoms with E-state index < -0.39 is 0 Å². The lowest BCUT2D eigenvalue weighted by molar-refractivity contribution is -0.139. The van der Waals surface area contributed by atoms with Crippen molar-refractivity contribution >= 4 is 11.8 Å². The van der Waals surface area contributed by atoms with Crippen LogP contribution in [0.15, 0.2) is 30.4 Å². The van der Waals surface area contributed by atoms with Crippen LogP contribution in [0.3, 0.4) is 0 Å². The number of amides is 2. The Hall–Kier alpha value is -1.90. The number of nitrogens with zero attached hydrogens (tertiary/aromatic N) is 1. The van der Waals surface area contributed by atoms with Crippen molar-refractivity contribution in [1.82, 2.24) is 4.90 Å². The van der Waals surface area contributed by atoms with E-state index in [9.17, 15) is 9.59 Å². The van der Waals surface area contributed by atoms with Gasteiger partial charge in [0.1, 0.15) is 0 Å². The van der Waals surface area contributed by atoms with E-state index >= 15 is 0 Å². The van der Waals surface area contributed by atoms with Crippen LogP contribution in [0.5, 0.6) is 0 Å². The van der Waals surface area contributed by atoms with Gasteiger partial charge in [0, 0.05) is 12.2 Å². The predicted molar refractivity (Wildman–Crippen MR) is 95.7 cm³/mol. The Bertz CT molecular complexity index is 644. The lowest BCUT2D eigenvalue weighted by Gasteiger charge is -2.23. The summed E-state index contributed by atoms with van der Waals surface area (Å²) in [6, 6.07) is 6.60. The van der Waals surface area contributed by atoms with E-state index in [0.29, 0.717) is 5.92 Å². The van der Waals surface area contributed by atoms with E-state index in [2.05, 4.69) is 32.0 Å². The number of carbonyl (C=O) groups is 2. The van der Waals surface area contributed by atoms with Crippen LogP contribution in [0.2, 0.25) is 0 Å². The molecule has 0 radical (unpaired) electrons. The Morgan fingerprint density at radius 1 is 1.00 bits per heavy atom. The summed E-state index contributed by atoms with van der Waals surface area (Å²) < 4.78 is 0. The molecule has 0 spiro atoms. The lowest BCUT2D eigenvalue weighted by Crippen LogP contribution is -2.33. The van der Waals surface area contributed by atoms with Crippen molar-refractivity contribution in [2.75, 3.05) is 0 Å². The molecule has 2 atom stereocenters. The van der Waals surface area contributed by atoms with Gasteiger partial charge in [-0.15, -0.1) is 0 Å². The molecule has 0 N–H and O–H groups in total. The minimum Gasteiger partial charge on any atom is -0.269 e. The number of unbranched alkanes of at least 4 members (excludes halogenated alkanes) is 2. The zero-order valence-electron chi connectivity index (χ0n) is 14.8. The number of hydrogen-bond donors (Lipinski definition) is 0. The van der Waals surface area contributed by atoms with E-state index in [-0.39, 0.29) is 17.9 Å². The Labute approximate surface area is 144 Å². The summed E-state index contributed by atoms with van der Waals surface area (Å²) in [5.41, 5.74) is 3.94. The van der Waals surface area contributed by atoms with Gasteiger partial charge in [-0.3, -0.25) is 14.5 Å². The Balaban J connectivity index is 1.90. The highest BCUT2D eigenvalue weighted by Crippen LogP contribution is 2.47. The van der Waals surface area contributed by atoms with Crippen molar-refractivity contribution in [3.05, 3.63) is 47.0 Å². The average Bonchev–Trinajstić information content (AvgIpc) is 3.10. The zero-order chi connectivity index (χ0) is 17.1. The lowest BCUT2D eigenvalue weighted by atomic mass is 9.93. The van der Waals surface area contributed by atoms with Gasteiger partial charge in [0.05, 0.1) is 6.04 Å². The van der Waals surface area contributed by atoms with Gasteiger partial charge in [0.15, 0.2) is 0 Å². The first-order valence-corrected chi connectivity index (χ1v) is 9.33. The Morgan fingerprint density at radius 3 is 2.38 bits per heavy atom. The highest BCUT2D eigenvalue weighted by molar-refractivity contribution is 6.13. The third kappa shape index (κ3) is 3.17. The largest absolute Gasteiger partial charge is 0.269 e. The number of rotatable bonds is 7. The van der Waals surface area contributed by atoms with Gasteiger partial charge in [-0.2, -0.15) is 0 Å². The molecular formula is C21H27NO2. The molecule has 0 unspecified atom stereocenters. The first kappa shape index (κ1) is 16.9. The van der Waals surface area contributed by atoms with Crippen molar-refractivity contribution in [3.8, 4) is 0 Å². The standard InChI is InChI=1S/C21H27NO2/c1-3-5-7-15-9-10-17-18(13-15)16(8-6-4-2)14-19(17)22-20(23)11-12-21(22)24/h9-13,16,19H,3-8,14H2,1-2H3/t16-,19-/m0/s1. The normalized spacial score (nSPS) is 22.5. The summed E-state index contributed by atoms with van der Waals surface area (Å²) in [6.45, 7) is 4.42. The molecule has 1 aromatic rings. The fourth-order valence-electron chi connectivity index (χ4n) is 4.03.